The van der Waals surface area contributed by atoms with Crippen LogP contribution in [0.2, 0.25) is 0 Å². The molecule has 0 saturated carbocycles. The Morgan fingerprint density at radius 3 is 2.38 bits per heavy atom. The number of esters is 1. The summed E-state index contributed by atoms with van der Waals surface area (Å²) in [5, 5.41) is 3.69. The molecule has 0 spiro atoms. The zero-order valence-corrected chi connectivity index (χ0v) is 14.5. The summed E-state index contributed by atoms with van der Waals surface area (Å²) in [5.74, 6) is -1.46. The Balaban J connectivity index is 1.99. The fourth-order valence-electron chi connectivity index (χ4n) is 3.64. The van der Waals surface area contributed by atoms with Crippen LogP contribution in [0.3, 0.4) is 0 Å². The number of fused-ring (bicyclic) bond motifs is 4. The predicted octanol–water partition coefficient (Wildman–Crippen LogP) is 3.47. The third kappa shape index (κ3) is 2.28. The number of Topliss-reactive ketones (excluding diaryl/α,β-unsaturated/α-hetero) is 1. The lowest BCUT2D eigenvalue weighted by atomic mass is 9.97. The lowest BCUT2D eigenvalue weighted by Crippen LogP contribution is -2.45. The average molecular weight is 347 g/mol. The Morgan fingerprint density at radius 2 is 1.73 bits per heavy atom. The zero-order valence-electron chi connectivity index (χ0n) is 14.5. The van der Waals surface area contributed by atoms with E-state index in [1.807, 2.05) is 42.5 Å². The molecule has 5 nitrogen and oxygen atoms in total. The minimum atomic E-state index is -1.25. The molecule has 0 saturated heterocycles. The molecule has 1 heterocycles. The van der Waals surface area contributed by atoms with E-state index in [1.54, 1.807) is 13.0 Å². The van der Waals surface area contributed by atoms with Crippen molar-refractivity contribution in [2.24, 2.45) is 0 Å². The summed E-state index contributed by atoms with van der Waals surface area (Å²) in [7, 11) is 0. The van der Waals surface area contributed by atoms with Crippen LogP contribution in [0.25, 0.3) is 21.5 Å². The second kappa shape index (κ2) is 5.95. The van der Waals surface area contributed by atoms with Crippen LogP contribution < -0.4 is 4.90 Å². The summed E-state index contributed by atoms with van der Waals surface area (Å²) in [5.41, 5.74) is 0.866. The Hall–Kier alpha value is -3.21. The van der Waals surface area contributed by atoms with Crippen molar-refractivity contribution >= 4 is 44.9 Å². The zero-order chi connectivity index (χ0) is 18.4. The van der Waals surface area contributed by atoms with Gasteiger partial charge in [0.15, 0.2) is 11.8 Å². The van der Waals surface area contributed by atoms with E-state index in [0.29, 0.717) is 11.3 Å². The third-order valence-corrected chi connectivity index (χ3v) is 4.73. The van der Waals surface area contributed by atoms with E-state index < -0.39 is 17.8 Å². The minimum Gasteiger partial charge on any atom is -0.464 e. The lowest BCUT2D eigenvalue weighted by Gasteiger charge is -2.21. The highest BCUT2D eigenvalue weighted by atomic mass is 16.5. The molecule has 0 aliphatic carbocycles. The van der Waals surface area contributed by atoms with E-state index in [1.165, 1.54) is 11.8 Å². The van der Waals surface area contributed by atoms with Crippen molar-refractivity contribution in [1.29, 1.82) is 0 Å². The highest BCUT2D eigenvalue weighted by Crippen LogP contribution is 2.39. The van der Waals surface area contributed by atoms with Gasteiger partial charge >= 0.3 is 5.97 Å². The molecule has 3 aromatic rings. The Morgan fingerprint density at radius 1 is 1.04 bits per heavy atom. The highest BCUT2D eigenvalue weighted by molar-refractivity contribution is 6.30. The maximum Gasteiger partial charge on any atom is 0.337 e. The van der Waals surface area contributed by atoms with Crippen molar-refractivity contribution in [3.63, 3.8) is 0 Å². The highest BCUT2D eigenvalue weighted by Gasteiger charge is 2.45. The number of ketones is 1. The largest absolute Gasteiger partial charge is 0.464 e. The van der Waals surface area contributed by atoms with Crippen LogP contribution in [-0.2, 0) is 14.3 Å². The Labute approximate surface area is 150 Å². The number of ether oxygens (including phenoxy) is 1. The molecule has 3 aromatic carbocycles. The number of hydrogen-bond donors (Lipinski definition) is 0. The standard InChI is InChI=1S/C21H17NO4/c1-3-26-21(25)19-20(24)18-16-11-14-7-5-4-6-13(14)10-15(16)8-9-17(18)22(19)12(2)23/h4-11,19H,3H2,1-2H3/t19-/m1/s1. The average Bonchev–Trinajstić information content (AvgIpc) is 2.93. The number of rotatable bonds is 2. The Bertz CT molecular complexity index is 1090. The van der Waals surface area contributed by atoms with Gasteiger partial charge in [-0.1, -0.05) is 30.3 Å². The second-order valence-corrected chi connectivity index (χ2v) is 6.29. The number of carbonyl (C=O) groups is 3. The summed E-state index contributed by atoms with van der Waals surface area (Å²) < 4.78 is 5.04. The van der Waals surface area contributed by atoms with Crippen LogP contribution in [0.1, 0.15) is 24.2 Å². The van der Waals surface area contributed by atoms with E-state index >= 15 is 0 Å². The first kappa shape index (κ1) is 16.3. The number of nitrogens with zero attached hydrogens (tertiary/aromatic N) is 1. The minimum absolute atomic E-state index is 0.149. The van der Waals surface area contributed by atoms with Crippen LogP contribution in [0.5, 0.6) is 0 Å². The van der Waals surface area contributed by atoms with Crippen LogP contribution >= 0.6 is 0 Å². The monoisotopic (exact) mass is 347 g/mol. The second-order valence-electron chi connectivity index (χ2n) is 6.29. The molecule has 0 fully saturated rings. The van der Waals surface area contributed by atoms with Gasteiger partial charge in [-0.15, -0.1) is 0 Å². The van der Waals surface area contributed by atoms with Crippen molar-refractivity contribution in [3.05, 3.63) is 54.1 Å². The van der Waals surface area contributed by atoms with Gasteiger partial charge in [-0.05, 0) is 46.7 Å². The molecular weight excluding hydrogens is 330 g/mol. The van der Waals surface area contributed by atoms with Gasteiger partial charge in [-0.25, -0.2) is 4.79 Å². The maximum absolute atomic E-state index is 13.1. The van der Waals surface area contributed by atoms with Gasteiger partial charge < -0.3 is 4.74 Å². The van der Waals surface area contributed by atoms with E-state index in [0.717, 1.165) is 21.5 Å². The van der Waals surface area contributed by atoms with E-state index in [-0.39, 0.29) is 12.5 Å². The molecule has 0 unspecified atom stereocenters. The molecule has 0 aromatic heterocycles. The molecule has 4 rings (SSSR count). The molecule has 0 bridgehead atoms. The van der Waals surface area contributed by atoms with Crippen LogP contribution in [0.4, 0.5) is 5.69 Å². The fourth-order valence-corrected chi connectivity index (χ4v) is 3.64. The van der Waals surface area contributed by atoms with E-state index in [4.69, 9.17) is 4.74 Å². The smallest absolute Gasteiger partial charge is 0.337 e. The topological polar surface area (TPSA) is 63.7 Å². The first-order valence-corrected chi connectivity index (χ1v) is 8.49. The number of anilines is 1. The molecule has 1 aliphatic heterocycles. The first-order valence-electron chi connectivity index (χ1n) is 8.49. The maximum atomic E-state index is 13.1. The summed E-state index contributed by atoms with van der Waals surface area (Å²) in [6.45, 7) is 3.17. The van der Waals surface area contributed by atoms with E-state index in [9.17, 15) is 14.4 Å². The molecular formula is C21H17NO4. The molecule has 0 N–H and O–H groups in total. The molecule has 1 aliphatic rings. The van der Waals surface area contributed by atoms with Gasteiger partial charge in [0.1, 0.15) is 0 Å². The van der Waals surface area contributed by atoms with Gasteiger partial charge in [-0.3, -0.25) is 14.5 Å². The van der Waals surface area contributed by atoms with Gasteiger partial charge in [0.05, 0.1) is 17.9 Å². The van der Waals surface area contributed by atoms with Crippen molar-refractivity contribution in [1.82, 2.24) is 0 Å². The Kier molecular flexibility index (Phi) is 3.72. The summed E-state index contributed by atoms with van der Waals surface area (Å²) in [6.07, 6.45) is 0. The SMILES string of the molecule is CCOC(=O)[C@H]1C(=O)c2c(ccc3cc4ccccc4cc23)N1C(C)=O. The molecule has 1 atom stereocenters. The van der Waals surface area contributed by atoms with Crippen molar-refractivity contribution in [2.75, 3.05) is 11.5 Å². The summed E-state index contributed by atoms with van der Waals surface area (Å²) in [4.78, 5) is 38.9. The van der Waals surface area contributed by atoms with Gasteiger partial charge in [-0.2, -0.15) is 0 Å². The third-order valence-electron chi connectivity index (χ3n) is 4.73. The summed E-state index contributed by atoms with van der Waals surface area (Å²) >= 11 is 0. The molecule has 26 heavy (non-hydrogen) atoms. The predicted molar refractivity (Wildman–Crippen MR) is 99.4 cm³/mol. The molecule has 0 radical (unpaired) electrons. The molecule has 130 valence electrons. The number of hydrogen-bond acceptors (Lipinski definition) is 4. The van der Waals surface area contributed by atoms with Crippen LogP contribution in [-0.4, -0.2) is 30.3 Å². The lowest BCUT2D eigenvalue weighted by molar-refractivity contribution is -0.144. The fraction of sp³-hybridized carbons (Fsp3) is 0.190. The van der Waals surface area contributed by atoms with Crippen molar-refractivity contribution < 1.29 is 19.1 Å². The van der Waals surface area contributed by atoms with Crippen LogP contribution in [0, 0.1) is 0 Å². The normalized spacial score (nSPS) is 16.2. The number of amides is 1. The van der Waals surface area contributed by atoms with Crippen LogP contribution in [0.15, 0.2) is 48.5 Å². The van der Waals surface area contributed by atoms with Gasteiger partial charge in [0.2, 0.25) is 5.91 Å². The first-order chi connectivity index (χ1) is 12.5. The number of benzene rings is 3. The van der Waals surface area contributed by atoms with Crippen molar-refractivity contribution in [2.45, 2.75) is 19.9 Å². The molecule has 5 heteroatoms. The van der Waals surface area contributed by atoms with Crippen molar-refractivity contribution in [3.8, 4) is 0 Å². The van der Waals surface area contributed by atoms with Gasteiger partial charge in [0, 0.05) is 6.92 Å². The quantitative estimate of drug-likeness (QED) is 0.404. The molecule has 1 amide bonds. The van der Waals surface area contributed by atoms with E-state index in [2.05, 4.69) is 0 Å². The van der Waals surface area contributed by atoms with Gasteiger partial charge in [0.25, 0.3) is 0 Å². The summed E-state index contributed by atoms with van der Waals surface area (Å²) in [6, 6.07) is 14.2. The number of carbonyl (C=O) groups excluding carboxylic acids is 3.